The van der Waals surface area contributed by atoms with Gasteiger partial charge in [-0.1, -0.05) is 24.4 Å². The number of aromatic amines is 1. The molecule has 0 unspecified atom stereocenters. The maximum atomic E-state index is 14.3. The molecule has 1 aliphatic carbocycles. The van der Waals surface area contributed by atoms with Gasteiger partial charge >= 0.3 is 12.1 Å². The van der Waals surface area contributed by atoms with Gasteiger partial charge in [0.2, 0.25) is 5.13 Å². The first kappa shape index (κ1) is 27.3. The molecule has 1 amide bonds. The molecule has 0 radical (unpaired) electrons. The predicted molar refractivity (Wildman–Crippen MR) is 133 cm³/mol. The Balaban J connectivity index is 0.000000426. The summed E-state index contributed by atoms with van der Waals surface area (Å²) in [7, 11) is 0. The summed E-state index contributed by atoms with van der Waals surface area (Å²) in [6.45, 7) is 0. The topological polar surface area (TPSA) is 133 Å². The summed E-state index contributed by atoms with van der Waals surface area (Å²) in [5.74, 6) is -3.32. The number of hydrogen-bond acceptors (Lipinski definition) is 7. The molecule has 38 heavy (non-hydrogen) atoms. The van der Waals surface area contributed by atoms with E-state index >= 15 is 0 Å². The number of fused-ring (bicyclic) bond motifs is 1. The van der Waals surface area contributed by atoms with Gasteiger partial charge in [-0.05, 0) is 43.2 Å². The van der Waals surface area contributed by atoms with Crippen LogP contribution in [0.1, 0.15) is 36.0 Å². The van der Waals surface area contributed by atoms with Gasteiger partial charge in [-0.25, -0.2) is 9.18 Å². The number of halogens is 5. The standard InChI is InChI=1S/C21H18ClFN6OS.C2HF3O2/c22-18-14-10-24-28-16(14)7-8-17(18)26-21-27-19(29-31-21)11-5-6-15(23)13(9-11)20(30)25-12-3-1-2-4-12;3-2(4,5)1(6)7/h5-10,12H,1-4H2,(H,24,28)(H,25,30)(H,26,27,29);(H,6,7). The average Bonchev–Trinajstić information content (AvgIpc) is 3.63. The van der Waals surface area contributed by atoms with Crippen molar-refractivity contribution in [2.24, 2.45) is 0 Å². The SMILES string of the molecule is O=C(NC1CCCC1)c1cc(-c2nsc(Nc3ccc4[nH]ncc4c3Cl)n2)ccc1F.O=C(O)C(F)(F)F. The van der Waals surface area contributed by atoms with Crippen molar-refractivity contribution in [1.29, 1.82) is 0 Å². The normalized spacial score (nSPS) is 13.7. The maximum absolute atomic E-state index is 14.3. The van der Waals surface area contributed by atoms with Crippen molar-refractivity contribution in [1.82, 2.24) is 24.9 Å². The Morgan fingerprint density at radius 1 is 1.16 bits per heavy atom. The van der Waals surface area contributed by atoms with Gasteiger partial charge in [0.05, 0.1) is 28.0 Å². The van der Waals surface area contributed by atoms with Crippen LogP contribution in [-0.2, 0) is 4.79 Å². The summed E-state index contributed by atoms with van der Waals surface area (Å²) in [6.07, 6.45) is 0.615. The number of carboxylic acids is 1. The number of amides is 1. The fourth-order valence-corrected chi connectivity index (χ4v) is 4.62. The zero-order valence-corrected chi connectivity index (χ0v) is 20.8. The van der Waals surface area contributed by atoms with Gasteiger partial charge in [0.1, 0.15) is 5.82 Å². The maximum Gasteiger partial charge on any atom is 0.490 e. The Morgan fingerprint density at radius 3 is 2.55 bits per heavy atom. The molecule has 4 N–H and O–H groups in total. The van der Waals surface area contributed by atoms with E-state index < -0.39 is 23.9 Å². The van der Waals surface area contributed by atoms with E-state index in [4.69, 9.17) is 21.5 Å². The van der Waals surface area contributed by atoms with Crippen molar-refractivity contribution in [3.63, 3.8) is 0 Å². The number of hydrogen-bond donors (Lipinski definition) is 4. The highest BCUT2D eigenvalue weighted by atomic mass is 35.5. The minimum absolute atomic E-state index is 0.00200. The van der Waals surface area contributed by atoms with Crippen LogP contribution in [0.2, 0.25) is 5.02 Å². The minimum Gasteiger partial charge on any atom is -0.475 e. The molecule has 2 aromatic carbocycles. The lowest BCUT2D eigenvalue weighted by Crippen LogP contribution is -2.33. The number of benzene rings is 2. The Bertz CT molecular complexity index is 1470. The predicted octanol–water partition coefficient (Wildman–Crippen LogP) is 5.92. The number of H-pyrrole nitrogens is 1. The molecule has 0 spiro atoms. The molecule has 0 bridgehead atoms. The Morgan fingerprint density at radius 2 is 1.87 bits per heavy atom. The molecule has 4 aromatic rings. The summed E-state index contributed by atoms with van der Waals surface area (Å²) >= 11 is 7.60. The van der Waals surface area contributed by atoms with Gasteiger partial charge in [0.25, 0.3) is 5.91 Å². The monoisotopic (exact) mass is 570 g/mol. The van der Waals surface area contributed by atoms with E-state index in [2.05, 4.69) is 30.2 Å². The van der Waals surface area contributed by atoms with E-state index in [-0.39, 0.29) is 11.6 Å². The van der Waals surface area contributed by atoms with Crippen LogP contribution in [0.3, 0.4) is 0 Å². The quantitative estimate of drug-likeness (QED) is 0.219. The van der Waals surface area contributed by atoms with Gasteiger partial charge < -0.3 is 15.7 Å². The lowest BCUT2D eigenvalue weighted by Gasteiger charge is -2.12. The zero-order chi connectivity index (χ0) is 27.4. The fraction of sp³-hybridized carbons (Fsp3) is 0.261. The Labute approximate surface area is 221 Å². The molecule has 1 saturated carbocycles. The second-order valence-corrected chi connectivity index (χ2v) is 9.39. The fourth-order valence-electron chi connectivity index (χ4n) is 3.76. The lowest BCUT2D eigenvalue weighted by molar-refractivity contribution is -0.192. The van der Waals surface area contributed by atoms with Crippen LogP contribution in [0, 0.1) is 5.82 Å². The van der Waals surface area contributed by atoms with Crippen LogP contribution in [0.25, 0.3) is 22.3 Å². The molecule has 5 rings (SSSR count). The second kappa shape index (κ2) is 11.3. The first-order valence-electron chi connectivity index (χ1n) is 11.2. The molecule has 1 fully saturated rings. The molecule has 15 heteroatoms. The van der Waals surface area contributed by atoms with E-state index in [9.17, 15) is 22.4 Å². The van der Waals surface area contributed by atoms with Crippen LogP contribution in [-0.4, -0.2) is 48.8 Å². The van der Waals surface area contributed by atoms with Gasteiger partial charge in [-0.2, -0.15) is 27.6 Å². The summed E-state index contributed by atoms with van der Waals surface area (Å²) in [5.41, 5.74) is 2.08. The highest BCUT2D eigenvalue weighted by Gasteiger charge is 2.38. The van der Waals surface area contributed by atoms with E-state index in [1.54, 1.807) is 12.3 Å². The number of anilines is 2. The van der Waals surface area contributed by atoms with Crippen LogP contribution in [0.15, 0.2) is 36.5 Å². The third kappa shape index (κ3) is 6.37. The van der Waals surface area contributed by atoms with Crippen molar-refractivity contribution in [3.8, 4) is 11.4 Å². The molecular formula is C23H19ClF4N6O3S. The number of aliphatic carboxylic acids is 1. The minimum atomic E-state index is -5.08. The molecule has 2 aromatic heterocycles. The van der Waals surface area contributed by atoms with Crippen LogP contribution in [0.5, 0.6) is 0 Å². The van der Waals surface area contributed by atoms with Crippen LogP contribution >= 0.6 is 23.1 Å². The van der Waals surface area contributed by atoms with Gasteiger partial charge in [-0.15, -0.1) is 0 Å². The number of aromatic nitrogens is 4. The second-order valence-electron chi connectivity index (χ2n) is 8.26. The summed E-state index contributed by atoms with van der Waals surface area (Å²) < 4.78 is 50.4. The number of nitrogens with zero attached hydrogens (tertiary/aromatic N) is 3. The molecule has 0 atom stereocenters. The molecule has 2 heterocycles. The molecule has 9 nitrogen and oxygen atoms in total. The molecule has 1 aliphatic rings. The summed E-state index contributed by atoms with van der Waals surface area (Å²) in [4.78, 5) is 25.9. The molecular weight excluding hydrogens is 552 g/mol. The number of carboxylic acid groups (broad SMARTS) is 1. The first-order valence-corrected chi connectivity index (χ1v) is 12.3. The number of alkyl halides is 3. The third-order valence-corrected chi connectivity index (χ3v) is 6.67. The van der Waals surface area contributed by atoms with E-state index in [0.717, 1.165) is 48.1 Å². The molecule has 0 saturated heterocycles. The van der Waals surface area contributed by atoms with E-state index in [0.29, 0.717) is 27.2 Å². The number of carbonyl (C=O) groups is 2. The van der Waals surface area contributed by atoms with Crippen LogP contribution in [0.4, 0.5) is 28.4 Å². The van der Waals surface area contributed by atoms with Crippen molar-refractivity contribution in [3.05, 3.63) is 52.9 Å². The third-order valence-electron chi connectivity index (χ3n) is 5.63. The van der Waals surface area contributed by atoms with Crippen molar-refractivity contribution in [2.75, 3.05) is 5.32 Å². The highest BCUT2D eigenvalue weighted by Crippen LogP contribution is 2.33. The Kier molecular flexibility index (Phi) is 8.11. The number of carbonyl (C=O) groups excluding carboxylic acids is 1. The average molecular weight is 571 g/mol. The lowest BCUT2D eigenvalue weighted by atomic mass is 10.1. The van der Waals surface area contributed by atoms with Crippen molar-refractivity contribution < 1.29 is 32.3 Å². The molecule has 200 valence electrons. The van der Waals surface area contributed by atoms with Gasteiger partial charge in [0.15, 0.2) is 5.82 Å². The molecule has 0 aliphatic heterocycles. The first-order chi connectivity index (χ1) is 18.0. The summed E-state index contributed by atoms with van der Waals surface area (Å²) in [5, 5.41) is 21.9. The van der Waals surface area contributed by atoms with E-state index in [1.165, 1.54) is 12.1 Å². The summed E-state index contributed by atoms with van der Waals surface area (Å²) in [6, 6.07) is 8.15. The van der Waals surface area contributed by atoms with Gasteiger partial charge in [0, 0.05) is 28.5 Å². The van der Waals surface area contributed by atoms with E-state index in [1.807, 2.05) is 12.1 Å². The Hall–Kier alpha value is -3.78. The number of rotatable bonds is 5. The van der Waals surface area contributed by atoms with Crippen LogP contribution < -0.4 is 10.6 Å². The smallest absolute Gasteiger partial charge is 0.475 e. The largest absolute Gasteiger partial charge is 0.490 e. The van der Waals surface area contributed by atoms with Crippen molar-refractivity contribution in [2.45, 2.75) is 37.9 Å². The van der Waals surface area contributed by atoms with Gasteiger partial charge in [-0.3, -0.25) is 9.89 Å². The van der Waals surface area contributed by atoms with Crippen molar-refractivity contribution >= 4 is 56.7 Å². The zero-order valence-electron chi connectivity index (χ0n) is 19.3. The number of nitrogens with one attached hydrogen (secondary N) is 3. The highest BCUT2D eigenvalue weighted by molar-refractivity contribution is 7.10.